The highest BCUT2D eigenvalue weighted by molar-refractivity contribution is 7.91. The molecule has 2 aromatic carbocycles. The molecule has 1 aromatic heterocycles. The third-order valence-electron chi connectivity index (χ3n) is 5.80. The third-order valence-corrected chi connectivity index (χ3v) is 9.71. The van der Waals surface area contributed by atoms with Gasteiger partial charge in [-0.2, -0.15) is 0 Å². The van der Waals surface area contributed by atoms with Crippen LogP contribution in [0, 0.1) is 5.82 Å². The molecule has 14 heteroatoms. The summed E-state index contributed by atoms with van der Waals surface area (Å²) >= 11 is 1.18. The van der Waals surface area contributed by atoms with Crippen LogP contribution in [-0.4, -0.2) is 84.0 Å². The zero-order chi connectivity index (χ0) is 25.9. The minimum Gasteiger partial charge on any atom is -0.379 e. The van der Waals surface area contributed by atoms with E-state index in [2.05, 4.69) is 9.88 Å². The molecule has 2 heterocycles. The first kappa shape index (κ1) is 29.4. The fourth-order valence-corrected chi connectivity index (χ4v) is 7.00. The lowest BCUT2D eigenvalue weighted by atomic mass is 10.3. The second kappa shape index (κ2) is 12.1. The summed E-state index contributed by atoms with van der Waals surface area (Å²) in [7, 11) is -7.35. The number of nitrogens with zero attached hydrogens (tertiary/aromatic N) is 3. The number of carbonyl (C=O) groups is 1. The number of anilines is 1. The Hall–Kier alpha value is -2.16. The monoisotopic (exact) mass is 591 g/mol. The Bertz CT molecular complexity index is 1460. The van der Waals surface area contributed by atoms with E-state index in [1.165, 1.54) is 34.4 Å². The number of ether oxygens (including phenoxy) is 1. The van der Waals surface area contributed by atoms with E-state index in [1.54, 1.807) is 12.1 Å². The summed E-state index contributed by atoms with van der Waals surface area (Å²) in [5.74, 6) is -1.46. The Morgan fingerprint density at radius 1 is 1.11 bits per heavy atom. The Balaban J connectivity index is 0.00000380. The summed E-state index contributed by atoms with van der Waals surface area (Å²) in [6, 6.07) is 9.28. The van der Waals surface area contributed by atoms with Crippen LogP contribution in [0.2, 0.25) is 0 Å². The fraction of sp³-hybridized carbons (Fsp3) is 0.391. The molecule has 1 amide bonds. The van der Waals surface area contributed by atoms with Crippen LogP contribution in [0.4, 0.5) is 9.52 Å². The van der Waals surface area contributed by atoms with Crippen LogP contribution in [0.15, 0.2) is 52.3 Å². The van der Waals surface area contributed by atoms with Gasteiger partial charge in [-0.25, -0.2) is 26.2 Å². The number of sulfone groups is 2. The predicted molar refractivity (Wildman–Crippen MR) is 143 cm³/mol. The van der Waals surface area contributed by atoms with Crippen molar-refractivity contribution < 1.29 is 30.8 Å². The molecule has 4 rings (SSSR count). The first-order valence-electron chi connectivity index (χ1n) is 11.2. The number of para-hydroxylation sites is 1. The van der Waals surface area contributed by atoms with E-state index in [1.807, 2.05) is 0 Å². The number of morpholine rings is 1. The van der Waals surface area contributed by atoms with Gasteiger partial charge in [0, 0.05) is 38.9 Å². The molecule has 0 radical (unpaired) electrons. The van der Waals surface area contributed by atoms with Gasteiger partial charge in [-0.1, -0.05) is 17.4 Å². The molecule has 1 aliphatic heterocycles. The second-order valence-electron chi connectivity index (χ2n) is 8.39. The second-order valence-corrected chi connectivity index (χ2v) is 13.5. The number of hydrogen-bond acceptors (Lipinski definition) is 9. The molecule has 3 aromatic rings. The summed E-state index contributed by atoms with van der Waals surface area (Å²) in [4.78, 5) is 21.4. The molecule has 0 spiro atoms. The van der Waals surface area contributed by atoms with Gasteiger partial charge < -0.3 is 4.74 Å². The molecule has 0 aliphatic carbocycles. The SMILES string of the molecule is CS(=O)(=O)c1cccc2sc(N(CCN3CCOCC3)C(=O)CCS(=O)(=O)c3ccc(F)cc3)nc12.Cl. The number of aromatic nitrogens is 1. The van der Waals surface area contributed by atoms with Gasteiger partial charge in [-0.15, -0.1) is 12.4 Å². The molecule has 1 saturated heterocycles. The van der Waals surface area contributed by atoms with E-state index in [9.17, 15) is 26.0 Å². The molecule has 37 heavy (non-hydrogen) atoms. The van der Waals surface area contributed by atoms with Crippen molar-refractivity contribution in [3.8, 4) is 0 Å². The standard InChI is InChI=1S/C23H26FN3O6S3.ClH/c1-35(29,30)20-4-2-3-19-22(20)25-23(34-19)27(11-10-26-12-14-33-15-13-26)21(28)9-16-36(31,32)18-7-5-17(24)6-8-18;/h2-8H,9-16H2,1H3;1H. The molecule has 0 saturated carbocycles. The van der Waals surface area contributed by atoms with Crippen molar-refractivity contribution in [1.29, 1.82) is 0 Å². The lowest BCUT2D eigenvalue weighted by molar-refractivity contribution is -0.118. The van der Waals surface area contributed by atoms with E-state index < -0.39 is 37.2 Å². The summed E-state index contributed by atoms with van der Waals surface area (Å²) in [6.07, 6.45) is 0.792. The summed E-state index contributed by atoms with van der Waals surface area (Å²) in [5.41, 5.74) is 0.281. The highest BCUT2D eigenvalue weighted by Gasteiger charge is 2.25. The molecule has 1 aliphatic rings. The van der Waals surface area contributed by atoms with Crippen LogP contribution in [0.25, 0.3) is 10.2 Å². The number of halogens is 2. The number of amides is 1. The van der Waals surface area contributed by atoms with Crippen LogP contribution >= 0.6 is 23.7 Å². The van der Waals surface area contributed by atoms with Crippen LogP contribution in [-0.2, 0) is 29.2 Å². The topological polar surface area (TPSA) is 114 Å². The summed E-state index contributed by atoms with van der Waals surface area (Å²) < 4.78 is 69.1. The maximum Gasteiger partial charge on any atom is 0.229 e. The molecule has 202 valence electrons. The maximum absolute atomic E-state index is 13.3. The van der Waals surface area contributed by atoms with Crippen molar-refractivity contribution in [2.75, 3.05) is 56.3 Å². The highest BCUT2D eigenvalue weighted by atomic mass is 35.5. The Kier molecular flexibility index (Phi) is 9.64. The summed E-state index contributed by atoms with van der Waals surface area (Å²) in [5, 5.41) is 0.304. The lowest BCUT2D eigenvalue weighted by Crippen LogP contribution is -2.43. The van der Waals surface area contributed by atoms with Gasteiger partial charge in [-0.3, -0.25) is 14.6 Å². The van der Waals surface area contributed by atoms with E-state index in [0.29, 0.717) is 42.7 Å². The third kappa shape index (κ3) is 7.24. The highest BCUT2D eigenvalue weighted by Crippen LogP contribution is 2.33. The van der Waals surface area contributed by atoms with Gasteiger partial charge in [0.1, 0.15) is 11.3 Å². The Morgan fingerprint density at radius 3 is 2.43 bits per heavy atom. The van der Waals surface area contributed by atoms with Crippen LogP contribution < -0.4 is 4.90 Å². The number of benzene rings is 2. The number of fused-ring (bicyclic) bond motifs is 1. The maximum atomic E-state index is 13.3. The van der Waals surface area contributed by atoms with Gasteiger partial charge in [-0.05, 0) is 36.4 Å². The normalized spacial score (nSPS) is 14.9. The number of thiazole rings is 1. The van der Waals surface area contributed by atoms with Crippen LogP contribution in [0.1, 0.15) is 6.42 Å². The summed E-state index contributed by atoms with van der Waals surface area (Å²) in [6.45, 7) is 3.36. The van der Waals surface area contributed by atoms with Gasteiger partial charge >= 0.3 is 0 Å². The van der Waals surface area contributed by atoms with Crippen LogP contribution in [0.5, 0.6) is 0 Å². The largest absolute Gasteiger partial charge is 0.379 e. The molecule has 0 bridgehead atoms. The van der Waals surface area contributed by atoms with E-state index in [4.69, 9.17) is 4.74 Å². The first-order valence-corrected chi connectivity index (χ1v) is 15.6. The number of carbonyl (C=O) groups excluding carboxylic acids is 1. The zero-order valence-electron chi connectivity index (χ0n) is 20.0. The average Bonchev–Trinajstić information content (AvgIpc) is 3.27. The smallest absolute Gasteiger partial charge is 0.229 e. The fourth-order valence-electron chi connectivity index (χ4n) is 3.84. The van der Waals surface area contributed by atoms with Crippen molar-refractivity contribution in [2.45, 2.75) is 16.2 Å². The average molecular weight is 592 g/mol. The quantitative estimate of drug-likeness (QED) is 0.349. The minimum absolute atomic E-state index is 0. The Labute approximate surface area is 225 Å². The van der Waals surface area contributed by atoms with Gasteiger partial charge in [0.2, 0.25) is 5.91 Å². The number of hydrogen-bond donors (Lipinski definition) is 0. The Morgan fingerprint density at radius 2 is 1.78 bits per heavy atom. The van der Waals surface area contributed by atoms with Crippen molar-refractivity contribution in [1.82, 2.24) is 9.88 Å². The van der Waals surface area contributed by atoms with Crippen LogP contribution in [0.3, 0.4) is 0 Å². The molecular weight excluding hydrogens is 565 g/mol. The van der Waals surface area contributed by atoms with E-state index in [0.717, 1.165) is 18.4 Å². The molecule has 1 fully saturated rings. The van der Waals surface area contributed by atoms with Crippen molar-refractivity contribution >= 4 is 64.7 Å². The lowest BCUT2D eigenvalue weighted by Gasteiger charge is -2.29. The zero-order valence-corrected chi connectivity index (χ0v) is 23.3. The van der Waals surface area contributed by atoms with Gasteiger partial charge in [0.25, 0.3) is 0 Å². The minimum atomic E-state index is -3.81. The molecular formula is C23H27ClFN3O6S3. The molecule has 9 nitrogen and oxygen atoms in total. The van der Waals surface area contributed by atoms with Gasteiger partial charge in [0.15, 0.2) is 24.8 Å². The van der Waals surface area contributed by atoms with Crippen molar-refractivity contribution in [2.24, 2.45) is 0 Å². The predicted octanol–water partition coefficient (Wildman–Crippen LogP) is 2.79. The molecule has 0 unspecified atom stereocenters. The number of rotatable bonds is 9. The van der Waals surface area contributed by atoms with Gasteiger partial charge in [0.05, 0.1) is 33.5 Å². The van der Waals surface area contributed by atoms with E-state index in [-0.39, 0.29) is 40.7 Å². The van der Waals surface area contributed by atoms with E-state index >= 15 is 0 Å². The molecule has 0 N–H and O–H groups in total. The molecule has 0 atom stereocenters. The van der Waals surface area contributed by atoms with Crippen molar-refractivity contribution in [3.63, 3.8) is 0 Å². The first-order chi connectivity index (χ1) is 17.0. The van der Waals surface area contributed by atoms with Crippen molar-refractivity contribution in [3.05, 3.63) is 48.3 Å².